The molecule has 54 valence electrons. The molecule has 0 saturated heterocycles. The highest BCUT2D eigenvalue weighted by atomic mass is 14.7. The lowest BCUT2D eigenvalue weighted by molar-refractivity contribution is 1.45. The van der Waals surface area contributed by atoms with E-state index in [1.165, 1.54) is 0 Å². The van der Waals surface area contributed by atoms with E-state index in [4.69, 9.17) is 0 Å². The summed E-state index contributed by atoms with van der Waals surface area (Å²) in [5.74, 6) is 0. The summed E-state index contributed by atoms with van der Waals surface area (Å²) in [4.78, 5) is 4.01. The maximum Gasteiger partial charge on any atom is 0.0567 e. The first-order valence-electron chi connectivity index (χ1n) is 3.23. The summed E-state index contributed by atoms with van der Waals surface area (Å²) >= 11 is 0. The van der Waals surface area contributed by atoms with Crippen molar-refractivity contribution >= 4 is 5.71 Å². The van der Waals surface area contributed by atoms with Crippen molar-refractivity contribution in [3.05, 3.63) is 37.0 Å². The molecule has 0 aliphatic carbocycles. The Morgan fingerprint density at radius 1 is 1.40 bits per heavy atom. The van der Waals surface area contributed by atoms with Gasteiger partial charge in [0.25, 0.3) is 0 Å². The third-order valence-electron chi connectivity index (χ3n) is 0.999. The number of aliphatic imine (C=N–C) groups is 1. The molecule has 0 fully saturated rings. The van der Waals surface area contributed by atoms with E-state index in [1.807, 2.05) is 31.2 Å². The summed E-state index contributed by atoms with van der Waals surface area (Å²) in [6.07, 6.45) is 9.40. The van der Waals surface area contributed by atoms with Crippen molar-refractivity contribution in [2.24, 2.45) is 4.99 Å². The normalized spacial score (nSPS) is 13.2. The quantitative estimate of drug-likeness (QED) is 0.416. The van der Waals surface area contributed by atoms with Crippen LogP contribution in [0.5, 0.6) is 0 Å². The molecule has 0 aliphatic heterocycles. The van der Waals surface area contributed by atoms with Crippen molar-refractivity contribution in [2.75, 3.05) is 7.05 Å². The molecule has 0 amide bonds. The van der Waals surface area contributed by atoms with Gasteiger partial charge in [0.1, 0.15) is 0 Å². The molecule has 0 aliphatic rings. The number of hydrogen-bond acceptors (Lipinski definition) is 1. The summed E-state index contributed by atoms with van der Waals surface area (Å²) < 4.78 is 0. The van der Waals surface area contributed by atoms with E-state index >= 15 is 0 Å². The topological polar surface area (TPSA) is 12.4 Å². The van der Waals surface area contributed by atoms with Crippen LogP contribution in [0.3, 0.4) is 0 Å². The standard InChI is InChI=1S/C9H13N/c1-4-6-8-9(10-3)7-5-2/h4-8H,1H2,2-3H3/b7-5-,8-6-,10-9?. The Balaban J connectivity index is 4.10. The highest BCUT2D eigenvalue weighted by Gasteiger charge is 1.79. The number of nitrogens with zero attached hydrogens (tertiary/aromatic N) is 1. The van der Waals surface area contributed by atoms with Crippen LogP contribution in [0.1, 0.15) is 6.92 Å². The molecule has 0 N–H and O–H groups in total. The van der Waals surface area contributed by atoms with Crippen LogP contribution in [0.4, 0.5) is 0 Å². The highest BCUT2D eigenvalue weighted by Crippen LogP contribution is 1.84. The van der Waals surface area contributed by atoms with Crippen LogP contribution in [0.15, 0.2) is 42.0 Å². The third-order valence-corrected chi connectivity index (χ3v) is 0.999. The van der Waals surface area contributed by atoms with Crippen LogP contribution in [-0.4, -0.2) is 12.8 Å². The Hall–Kier alpha value is -1.11. The fourth-order valence-corrected chi connectivity index (χ4v) is 0.542. The first-order chi connectivity index (χ1) is 4.85. The Bertz CT molecular complexity index is 173. The summed E-state index contributed by atoms with van der Waals surface area (Å²) in [6, 6.07) is 0. The van der Waals surface area contributed by atoms with Gasteiger partial charge in [-0.1, -0.05) is 24.8 Å². The second-order valence-corrected chi connectivity index (χ2v) is 1.74. The van der Waals surface area contributed by atoms with E-state index in [9.17, 15) is 0 Å². The Morgan fingerprint density at radius 2 is 2.10 bits per heavy atom. The summed E-state index contributed by atoms with van der Waals surface area (Å²) in [7, 11) is 1.77. The Morgan fingerprint density at radius 3 is 2.50 bits per heavy atom. The number of allylic oxidation sites excluding steroid dienone is 5. The second kappa shape index (κ2) is 6.02. The predicted molar refractivity (Wildman–Crippen MR) is 47.5 cm³/mol. The molecule has 0 aromatic carbocycles. The van der Waals surface area contributed by atoms with Gasteiger partial charge >= 0.3 is 0 Å². The van der Waals surface area contributed by atoms with Gasteiger partial charge in [0, 0.05) is 7.05 Å². The molecule has 1 heteroatoms. The number of hydrogen-bond donors (Lipinski definition) is 0. The van der Waals surface area contributed by atoms with Crippen LogP contribution in [0.2, 0.25) is 0 Å². The van der Waals surface area contributed by atoms with Gasteiger partial charge in [-0.3, -0.25) is 4.99 Å². The average Bonchev–Trinajstić information content (AvgIpc) is 1.98. The smallest absolute Gasteiger partial charge is 0.0567 e. The minimum atomic E-state index is 0.961. The van der Waals surface area contributed by atoms with Crippen LogP contribution in [0.25, 0.3) is 0 Å². The molecule has 0 atom stereocenters. The fraction of sp³-hybridized carbons (Fsp3) is 0.222. The maximum atomic E-state index is 4.01. The predicted octanol–water partition coefficient (Wildman–Crippen LogP) is 2.38. The van der Waals surface area contributed by atoms with E-state index in [-0.39, 0.29) is 0 Å². The first-order valence-corrected chi connectivity index (χ1v) is 3.23. The Kier molecular flexibility index (Phi) is 5.35. The molecule has 0 rings (SSSR count). The lowest BCUT2D eigenvalue weighted by Crippen LogP contribution is -1.84. The molecule has 0 bridgehead atoms. The zero-order valence-electron chi connectivity index (χ0n) is 6.54. The van der Waals surface area contributed by atoms with E-state index in [2.05, 4.69) is 11.6 Å². The van der Waals surface area contributed by atoms with Crippen LogP contribution < -0.4 is 0 Å². The van der Waals surface area contributed by atoms with E-state index in [1.54, 1.807) is 13.1 Å². The second-order valence-electron chi connectivity index (χ2n) is 1.74. The molecule has 0 aromatic rings. The van der Waals surface area contributed by atoms with Crippen molar-refractivity contribution in [3.63, 3.8) is 0 Å². The van der Waals surface area contributed by atoms with Gasteiger partial charge in [-0.15, -0.1) is 0 Å². The van der Waals surface area contributed by atoms with Crippen LogP contribution in [-0.2, 0) is 0 Å². The van der Waals surface area contributed by atoms with E-state index in [0.29, 0.717) is 0 Å². The highest BCUT2D eigenvalue weighted by molar-refractivity contribution is 6.03. The van der Waals surface area contributed by atoms with Gasteiger partial charge < -0.3 is 0 Å². The fourth-order valence-electron chi connectivity index (χ4n) is 0.542. The first kappa shape index (κ1) is 8.89. The van der Waals surface area contributed by atoms with Gasteiger partial charge in [0.2, 0.25) is 0 Å². The van der Waals surface area contributed by atoms with Crippen molar-refractivity contribution in [3.8, 4) is 0 Å². The molecule has 1 nitrogen and oxygen atoms in total. The largest absolute Gasteiger partial charge is 0.289 e. The molecular weight excluding hydrogens is 122 g/mol. The van der Waals surface area contributed by atoms with Crippen molar-refractivity contribution in [1.82, 2.24) is 0 Å². The minimum Gasteiger partial charge on any atom is -0.289 e. The van der Waals surface area contributed by atoms with Crippen LogP contribution in [0, 0.1) is 0 Å². The van der Waals surface area contributed by atoms with Crippen molar-refractivity contribution < 1.29 is 0 Å². The molecule has 10 heavy (non-hydrogen) atoms. The summed E-state index contributed by atoms with van der Waals surface area (Å²) in [5.41, 5.74) is 0.961. The molecule has 0 unspecified atom stereocenters. The van der Waals surface area contributed by atoms with E-state index < -0.39 is 0 Å². The van der Waals surface area contributed by atoms with Gasteiger partial charge in [0.15, 0.2) is 0 Å². The third kappa shape index (κ3) is 3.84. The zero-order chi connectivity index (χ0) is 7.82. The number of rotatable bonds is 3. The molecule has 0 spiro atoms. The molecular formula is C9H13N. The lowest BCUT2D eigenvalue weighted by Gasteiger charge is -1.86. The summed E-state index contributed by atoms with van der Waals surface area (Å²) in [5, 5.41) is 0. The molecule has 0 saturated carbocycles. The molecule has 0 aromatic heterocycles. The van der Waals surface area contributed by atoms with Crippen molar-refractivity contribution in [2.45, 2.75) is 6.92 Å². The monoisotopic (exact) mass is 135 g/mol. The maximum absolute atomic E-state index is 4.01. The van der Waals surface area contributed by atoms with Crippen LogP contribution >= 0.6 is 0 Å². The molecule has 0 radical (unpaired) electrons. The molecule has 0 heterocycles. The summed E-state index contributed by atoms with van der Waals surface area (Å²) in [6.45, 7) is 5.53. The Labute approximate surface area is 62.5 Å². The SMILES string of the molecule is C=C/C=C\C(/C=C\C)=NC. The van der Waals surface area contributed by atoms with Gasteiger partial charge in [0.05, 0.1) is 5.71 Å². The van der Waals surface area contributed by atoms with E-state index in [0.717, 1.165) is 5.71 Å². The lowest BCUT2D eigenvalue weighted by atomic mass is 10.3. The average molecular weight is 135 g/mol. The van der Waals surface area contributed by atoms with Gasteiger partial charge in [-0.05, 0) is 19.1 Å². The van der Waals surface area contributed by atoms with Gasteiger partial charge in [-0.25, -0.2) is 0 Å². The van der Waals surface area contributed by atoms with Crippen molar-refractivity contribution in [1.29, 1.82) is 0 Å². The zero-order valence-corrected chi connectivity index (χ0v) is 6.54. The minimum absolute atomic E-state index is 0.961. The van der Waals surface area contributed by atoms with Gasteiger partial charge in [-0.2, -0.15) is 0 Å².